The van der Waals surface area contributed by atoms with Gasteiger partial charge in [-0.25, -0.2) is 8.42 Å². The van der Waals surface area contributed by atoms with Crippen molar-refractivity contribution in [3.63, 3.8) is 0 Å². The van der Waals surface area contributed by atoms with E-state index in [0.717, 1.165) is 55.8 Å². The maximum Gasteiger partial charge on any atom is 0.264 e. The second kappa shape index (κ2) is 10.3. The number of anilines is 1. The fourth-order valence-electron chi connectivity index (χ4n) is 5.07. The monoisotopic (exact) mass is 493 g/mol. The number of carbonyl (C=O) groups is 1. The van der Waals surface area contributed by atoms with Gasteiger partial charge in [0.2, 0.25) is 0 Å². The van der Waals surface area contributed by atoms with Gasteiger partial charge in [-0.1, -0.05) is 24.6 Å². The van der Waals surface area contributed by atoms with Gasteiger partial charge in [0.15, 0.2) is 0 Å². The number of hydrogen-bond acceptors (Lipinski definition) is 5. The number of aryl methyl sites for hydroxylation is 1. The summed E-state index contributed by atoms with van der Waals surface area (Å²) in [6.45, 7) is 2.84. The molecule has 1 atom stereocenters. The molecular formula is C27H31N3O4S. The van der Waals surface area contributed by atoms with Crippen molar-refractivity contribution in [1.29, 1.82) is 0 Å². The van der Waals surface area contributed by atoms with E-state index in [0.29, 0.717) is 18.7 Å². The van der Waals surface area contributed by atoms with Crippen molar-refractivity contribution in [1.82, 2.24) is 10.2 Å². The Morgan fingerprint density at radius 3 is 2.43 bits per heavy atom. The Hall–Kier alpha value is -3.10. The van der Waals surface area contributed by atoms with Crippen molar-refractivity contribution in [2.45, 2.75) is 43.0 Å². The van der Waals surface area contributed by atoms with E-state index >= 15 is 0 Å². The first-order valence-corrected chi connectivity index (χ1v) is 13.7. The van der Waals surface area contributed by atoms with Crippen molar-refractivity contribution in [2.75, 3.05) is 30.5 Å². The summed E-state index contributed by atoms with van der Waals surface area (Å²) in [5, 5.41) is 3.02. The predicted octanol–water partition coefficient (Wildman–Crippen LogP) is 4.38. The molecule has 0 spiro atoms. The Labute approximate surface area is 206 Å². The molecule has 7 nitrogen and oxygen atoms in total. The number of fused-ring (bicyclic) bond motifs is 1. The lowest BCUT2D eigenvalue weighted by atomic mass is 10.0. The summed E-state index contributed by atoms with van der Waals surface area (Å²) in [7, 11) is -3.71. The number of benzene rings is 2. The van der Waals surface area contributed by atoms with Crippen molar-refractivity contribution < 1.29 is 17.6 Å². The lowest BCUT2D eigenvalue weighted by Gasteiger charge is -2.33. The standard InChI is InChI=1S/C27H31N3O4S/c31-27(28-20-25(26-11-7-19-34-26)29-16-4-1-5-17-29)22-12-14-23(15-13-22)35(32,33)30-18-6-9-21-8-2-3-10-24(21)30/h2-3,7-8,10-15,19,25H,1,4-6,9,16-18,20H2,(H,28,31). The van der Waals surface area contributed by atoms with E-state index in [1.165, 1.54) is 22.9 Å². The minimum Gasteiger partial charge on any atom is -0.468 e. The molecule has 3 aromatic rings. The number of nitrogens with one attached hydrogen (secondary N) is 1. The van der Waals surface area contributed by atoms with Gasteiger partial charge in [0.05, 0.1) is 22.9 Å². The Morgan fingerprint density at radius 2 is 1.69 bits per heavy atom. The highest BCUT2D eigenvalue weighted by molar-refractivity contribution is 7.92. The van der Waals surface area contributed by atoms with E-state index < -0.39 is 10.0 Å². The molecule has 2 aliphatic rings. The smallest absolute Gasteiger partial charge is 0.264 e. The SMILES string of the molecule is O=C(NCC(c1ccco1)N1CCCCC1)c1ccc(S(=O)(=O)N2CCCc3ccccc32)cc1. The number of hydrogen-bond donors (Lipinski definition) is 1. The van der Waals surface area contributed by atoms with Crippen molar-refractivity contribution in [3.8, 4) is 0 Å². The van der Waals surface area contributed by atoms with Gasteiger partial charge >= 0.3 is 0 Å². The molecule has 1 N–H and O–H groups in total. The third kappa shape index (κ3) is 4.99. The molecule has 1 amide bonds. The summed E-state index contributed by atoms with van der Waals surface area (Å²) >= 11 is 0. The van der Waals surface area contributed by atoms with Gasteiger partial charge in [0.1, 0.15) is 5.76 Å². The van der Waals surface area contributed by atoms with Crippen LogP contribution in [0.5, 0.6) is 0 Å². The zero-order valence-corrected chi connectivity index (χ0v) is 20.5. The van der Waals surface area contributed by atoms with E-state index in [4.69, 9.17) is 4.42 Å². The van der Waals surface area contributed by atoms with Gasteiger partial charge in [-0.05, 0) is 86.8 Å². The lowest BCUT2D eigenvalue weighted by molar-refractivity contribution is 0.0914. The van der Waals surface area contributed by atoms with E-state index in [9.17, 15) is 13.2 Å². The first-order chi connectivity index (χ1) is 17.0. The quantitative estimate of drug-likeness (QED) is 0.528. The molecule has 0 saturated carbocycles. The van der Waals surface area contributed by atoms with Crippen LogP contribution in [0.15, 0.2) is 76.2 Å². The third-order valence-corrected chi connectivity index (χ3v) is 8.76. The zero-order chi connectivity index (χ0) is 24.3. The molecule has 3 heterocycles. The molecule has 8 heteroatoms. The summed E-state index contributed by atoms with van der Waals surface area (Å²) in [5.74, 6) is 0.612. The zero-order valence-electron chi connectivity index (χ0n) is 19.7. The molecule has 1 aromatic heterocycles. The molecule has 0 aliphatic carbocycles. The maximum absolute atomic E-state index is 13.4. The largest absolute Gasteiger partial charge is 0.468 e. The number of likely N-dealkylation sites (tertiary alicyclic amines) is 1. The van der Waals surface area contributed by atoms with E-state index in [-0.39, 0.29) is 16.8 Å². The fourth-order valence-corrected chi connectivity index (χ4v) is 6.61. The molecule has 1 saturated heterocycles. The highest BCUT2D eigenvalue weighted by Gasteiger charge is 2.29. The second-order valence-corrected chi connectivity index (χ2v) is 11.0. The van der Waals surface area contributed by atoms with Crippen molar-refractivity contribution >= 4 is 21.6 Å². The average molecular weight is 494 g/mol. The Kier molecular flexibility index (Phi) is 6.92. The molecule has 0 radical (unpaired) electrons. The lowest BCUT2D eigenvalue weighted by Crippen LogP contribution is -2.40. The number of para-hydroxylation sites is 1. The van der Waals surface area contributed by atoms with Gasteiger partial charge in [-0.2, -0.15) is 0 Å². The Balaban J connectivity index is 1.28. The van der Waals surface area contributed by atoms with E-state index in [1.807, 2.05) is 36.4 Å². The summed E-state index contributed by atoms with van der Waals surface area (Å²) in [6.07, 6.45) is 6.83. The number of piperidine rings is 1. The maximum atomic E-state index is 13.4. The number of sulfonamides is 1. The van der Waals surface area contributed by atoms with Crippen LogP contribution in [0.4, 0.5) is 5.69 Å². The molecule has 0 bridgehead atoms. The molecular weight excluding hydrogens is 462 g/mol. The normalized spacial score (nSPS) is 17.5. The summed E-state index contributed by atoms with van der Waals surface area (Å²) < 4.78 is 33.9. The van der Waals surface area contributed by atoms with Gasteiger partial charge < -0.3 is 9.73 Å². The summed E-state index contributed by atoms with van der Waals surface area (Å²) in [4.78, 5) is 15.5. The van der Waals surface area contributed by atoms with Gasteiger partial charge in [-0.3, -0.25) is 14.0 Å². The highest BCUT2D eigenvalue weighted by atomic mass is 32.2. The summed E-state index contributed by atoms with van der Waals surface area (Å²) in [5.41, 5.74) is 2.21. The van der Waals surface area contributed by atoms with Gasteiger partial charge in [0.25, 0.3) is 15.9 Å². The number of amides is 1. The minimum absolute atomic E-state index is 0.0203. The van der Waals surface area contributed by atoms with E-state index in [1.54, 1.807) is 18.4 Å². The third-order valence-electron chi connectivity index (χ3n) is 6.93. The first kappa shape index (κ1) is 23.6. The minimum atomic E-state index is -3.71. The number of furan rings is 1. The number of nitrogens with zero attached hydrogens (tertiary/aromatic N) is 2. The van der Waals surface area contributed by atoms with Gasteiger partial charge in [-0.15, -0.1) is 0 Å². The Bertz CT molecular complexity index is 1250. The van der Waals surface area contributed by atoms with Crippen LogP contribution in [0.1, 0.15) is 53.4 Å². The van der Waals surface area contributed by atoms with Gasteiger partial charge in [0, 0.05) is 18.7 Å². The molecule has 1 unspecified atom stereocenters. The van der Waals surface area contributed by atoms with Crippen LogP contribution in [-0.2, 0) is 16.4 Å². The molecule has 1 fully saturated rings. The van der Waals surface area contributed by atoms with Crippen molar-refractivity contribution in [2.24, 2.45) is 0 Å². The molecule has 5 rings (SSSR count). The van der Waals surface area contributed by atoms with Crippen LogP contribution in [0.3, 0.4) is 0 Å². The fraction of sp³-hybridized carbons (Fsp3) is 0.370. The first-order valence-electron chi connectivity index (χ1n) is 12.3. The average Bonchev–Trinajstić information content (AvgIpc) is 3.44. The highest BCUT2D eigenvalue weighted by Crippen LogP contribution is 2.32. The van der Waals surface area contributed by atoms with Crippen LogP contribution in [0, 0.1) is 0 Å². The molecule has 2 aliphatic heterocycles. The van der Waals surface area contributed by atoms with Crippen LogP contribution in [0.25, 0.3) is 0 Å². The van der Waals surface area contributed by atoms with E-state index in [2.05, 4.69) is 10.2 Å². The van der Waals surface area contributed by atoms with Crippen LogP contribution >= 0.6 is 0 Å². The Morgan fingerprint density at radius 1 is 0.914 bits per heavy atom. The molecule has 2 aromatic carbocycles. The van der Waals surface area contributed by atoms with Crippen molar-refractivity contribution in [3.05, 3.63) is 83.8 Å². The van der Waals surface area contributed by atoms with Crippen LogP contribution in [0.2, 0.25) is 0 Å². The summed E-state index contributed by atoms with van der Waals surface area (Å²) in [6, 6.07) is 17.6. The predicted molar refractivity (Wildman–Crippen MR) is 135 cm³/mol. The van der Waals surface area contributed by atoms with Crippen LogP contribution < -0.4 is 9.62 Å². The number of carbonyl (C=O) groups excluding carboxylic acids is 1. The second-order valence-electron chi connectivity index (χ2n) is 9.17. The van der Waals surface area contributed by atoms with Crippen LogP contribution in [-0.4, -0.2) is 45.4 Å². The molecule has 35 heavy (non-hydrogen) atoms. The molecule has 184 valence electrons. The topological polar surface area (TPSA) is 82.9 Å². The number of rotatable bonds is 7.